The van der Waals surface area contributed by atoms with Crippen LogP contribution in [0.15, 0.2) is 12.7 Å². The number of hydrogen-bond acceptors (Lipinski definition) is 3. The maximum atomic E-state index is 11.9. The molecule has 2 rings (SSSR count). The second kappa shape index (κ2) is 5.00. The SMILES string of the molecule is C=CCC(C)OC(=O)C1C[C@H]2CNC[C@H]2C1. The molecule has 0 spiro atoms. The summed E-state index contributed by atoms with van der Waals surface area (Å²) in [4.78, 5) is 11.9. The maximum Gasteiger partial charge on any atom is 0.309 e. The molecular formula is C13H21NO2. The van der Waals surface area contributed by atoms with E-state index in [9.17, 15) is 4.79 Å². The summed E-state index contributed by atoms with van der Waals surface area (Å²) in [5.41, 5.74) is 0. The Balaban J connectivity index is 1.80. The fraction of sp³-hybridized carbons (Fsp3) is 0.769. The quantitative estimate of drug-likeness (QED) is 0.583. The molecule has 90 valence electrons. The van der Waals surface area contributed by atoms with Crippen LogP contribution in [0.5, 0.6) is 0 Å². The van der Waals surface area contributed by atoms with Gasteiger partial charge in [-0.05, 0) is 44.7 Å². The third-order valence-corrected chi connectivity index (χ3v) is 3.80. The smallest absolute Gasteiger partial charge is 0.309 e. The second-order valence-electron chi connectivity index (χ2n) is 5.12. The van der Waals surface area contributed by atoms with Gasteiger partial charge in [0, 0.05) is 6.42 Å². The number of carbonyl (C=O) groups is 1. The van der Waals surface area contributed by atoms with Crippen LogP contribution in [0.3, 0.4) is 0 Å². The van der Waals surface area contributed by atoms with E-state index in [2.05, 4.69) is 11.9 Å². The number of carbonyl (C=O) groups excluding carboxylic acids is 1. The van der Waals surface area contributed by atoms with Crippen LogP contribution in [0.4, 0.5) is 0 Å². The molecule has 1 N–H and O–H groups in total. The highest BCUT2D eigenvalue weighted by Crippen LogP contribution is 2.39. The molecule has 16 heavy (non-hydrogen) atoms. The van der Waals surface area contributed by atoms with Gasteiger partial charge in [0.15, 0.2) is 0 Å². The van der Waals surface area contributed by atoms with Crippen LogP contribution < -0.4 is 5.32 Å². The number of rotatable bonds is 4. The van der Waals surface area contributed by atoms with Gasteiger partial charge in [0.05, 0.1) is 5.92 Å². The van der Waals surface area contributed by atoms with Gasteiger partial charge in [0.2, 0.25) is 0 Å². The average Bonchev–Trinajstić information content (AvgIpc) is 2.76. The van der Waals surface area contributed by atoms with E-state index in [1.54, 1.807) is 6.08 Å². The zero-order chi connectivity index (χ0) is 11.5. The molecule has 0 amide bonds. The van der Waals surface area contributed by atoms with Crippen molar-refractivity contribution in [3.63, 3.8) is 0 Å². The Morgan fingerprint density at radius 2 is 2.12 bits per heavy atom. The topological polar surface area (TPSA) is 38.3 Å². The summed E-state index contributed by atoms with van der Waals surface area (Å²) in [7, 11) is 0. The number of esters is 1. The van der Waals surface area contributed by atoms with Crippen molar-refractivity contribution < 1.29 is 9.53 Å². The molecule has 1 saturated heterocycles. The summed E-state index contributed by atoms with van der Waals surface area (Å²) in [6.45, 7) is 7.74. The van der Waals surface area contributed by atoms with Crippen LogP contribution in [0.1, 0.15) is 26.2 Å². The molecule has 0 bridgehead atoms. The zero-order valence-electron chi connectivity index (χ0n) is 9.95. The monoisotopic (exact) mass is 223 g/mol. The van der Waals surface area contributed by atoms with Gasteiger partial charge in [-0.25, -0.2) is 0 Å². The fourth-order valence-corrected chi connectivity index (χ4v) is 2.94. The van der Waals surface area contributed by atoms with Crippen LogP contribution in [0.25, 0.3) is 0 Å². The van der Waals surface area contributed by atoms with Crippen molar-refractivity contribution in [2.75, 3.05) is 13.1 Å². The molecule has 1 aliphatic heterocycles. The summed E-state index contributed by atoms with van der Waals surface area (Å²) < 4.78 is 5.41. The predicted molar refractivity (Wildman–Crippen MR) is 62.9 cm³/mol. The number of ether oxygens (including phenoxy) is 1. The lowest BCUT2D eigenvalue weighted by atomic mass is 10.0. The molecule has 0 radical (unpaired) electrons. The van der Waals surface area contributed by atoms with E-state index < -0.39 is 0 Å². The van der Waals surface area contributed by atoms with Crippen LogP contribution in [0.2, 0.25) is 0 Å². The first-order valence-corrected chi connectivity index (χ1v) is 6.22. The van der Waals surface area contributed by atoms with E-state index in [-0.39, 0.29) is 18.0 Å². The van der Waals surface area contributed by atoms with E-state index in [0.717, 1.165) is 32.4 Å². The molecule has 2 unspecified atom stereocenters. The highest BCUT2D eigenvalue weighted by atomic mass is 16.5. The molecule has 2 aliphatic rings. The summed E-state index contributed by atoms with van der Waals surface area (Å²) in [6.07, 6.45) is 4.54. The molecule has 0 aromatic rings. The van der Waals surface area contributed by atoms with Gasteiger partial charge >= 0.3 is 5.97 Å². The van der Waals surface area contributed by atoms with E-state index in [0.29, 0.717) is 11.8 Å². The molecule has 2 fully saturated rings. The van der Waals surface area contributed by atoms with Crippen molar-refractivity contribution in [2.45, 2.75) is 32.3 Å². The Morgan fingerprint density at radius 3 is 2.69 bits per heavy atom. The van der Waals surface area contributed by atoms with Crippen molar-refractivity contribution in [3.05, 3.63) is 12.7 Å². The molecule has 0 aromatic carbocycles. The van der Waals surface area contributed by atoms with Gasteiger partial charge in [0.1, 0.15) is 6.10 Å². The largest absolute Gasteiger partial charge is 0.462 e. The Labute approximate surface area is 97.2 Å². The lowest BCUT2D eigenvalue weighted by Crippen LogP contribution is -2.22. The van der Waals surface area contributed by atoms with Gasteiger partial charge in [-0.2, -0.15) is 0 Å². The summed E-state index contributed by atoms with van der Waals surface area (Å²) in [5.74, 6) is 1.55. The summed E-state index contributed by atoms with van der Waals surface area (Å²) in [5, 5.41) is 3.38. The number of nitrogens with one attached hydrogen (secondary N) is 1. The average molecular weight is 223 g/mol. The molecule has 1 saturated carbocycles. The fourth-order valence-electron chi connectivity index (χ4n) is 2.94. The van der Waals surface area contributed by atoms with Crippen molar-refractivity contribution in [1.29, 1.82) is 0 Å². The van der Waals surface area contributed by atoms with E-state index in [1.807, 2.05) is 6.92 Å². The Morgan fingerprint density at radius 1 is 1.50 bits per heavy atom. The van der Waals surface area contributed by atoms with E-state index >= 15 is 0 Å². The number of hydrogen-bond donors (Lipinski definition) is 1. The van der Waals surface area contributed by atoms with E-state index in [1.165, 1.54) is 0 Å². The molecule has 3 heteroatoms. The van der Waals surface area contributed by atoms with Gasteiger partial charge < -0.3 is 10.1 Å². The third kappa shape index (κ3) is 2.46. The maximum absolute atomic E-state index is 11.9. The van der Waals surface area contributed by atoms with Gasteiger partial charge in [-0.1, -0.05) is 6.08 Å². The van der Waals surface area contributed by atoms with Gasteiger partial charge in [0.25, 0.3) is 0 Å². The zero-order valence-corrected chi connectivity index (χ0v) is 9.95. The standard InChI is InChI=1S/C13H21NO2/c1-3-4-9(2)16-13(15)10-5-11-7-14-8-12(11)6-10/h3,9-12,14H,1,4-8H2,2H3/t9?,10?,11-,12+. The normalized spacial score (nSPS) is 34.4. The lowest BCUT2D eigenvalue weighted by Gasteiger charge is -2.15. The van der Waals surface area contributed by atoms with Crippen LogP contribution in [-0.2, 0) is 9.53 Å². The minimum Gasteiger partial charge on any atom is -0.462 e. The van der Waals surface area contributed by atoms with Crippen LogP contribution in [-0.4, -0.2) is 25.2 Å². The molecule has 1 heterocycles. The highest BCUT2D eigenvalue weighted by Gasteiger charge is 2.41. The van der Waals surface area contributed by atoms with Crippen LogP contribution in [0, 0.1) is 17.8 Å². The summed E-state index contributed by atoms with van der Waals surface area (Å²) in [6, 6.07) is 0. The van der Waals surface area contributed by atoms with Crippen molar-refractivity contribution in [2.24, 2.45) is 17.8 Å². The minimum absolute atomic E-state index is 0.00347. The van der Waals surface area contributed by atoms with E-state index in [4.69, 9.17) is 4.74 Å². The lowest BCUT2D eigenvalue weighted by molar-refractivity contribution is -0.153. The van der Waals surface area contributed by atoms with Gasteiger partial charge in [-0.15, -0.1) is 6.58 Å². The Hall–Kier alpha value is -0.830. The first-order valence-electron chi connectivity index (χ1n) is 6.22. The van der Waals surface area contributed by atoms with Crippen molar-refractivity contribution >= 4 is 5.97 Å². The van der Waals surface area contributed by atoms with Crippen molar-refractivity contribution in [1.82, 2.24) is 5.32 Å². The molecule has 0 aromatic heterocycles. The highest BCUT2D eigenvalue weighted by molar-refractivity contribution is 5.73. The number of fused-ring (bicyclic) bond motifs is 1. The predicted octanol–water partition coefficient (Wildman–Crippen LogP) is 1.74. The molecular weight excluding hydrogens is 202 g/mol. The minimum atomic E-state index is -0.0245. The molecule has 4 atom stereocenters. The first-order chi connectivity index (χ1) is 7.70. The van der Waals surface area contributed by atoms with Crippen molar-refractivity contribution in [3.8, 4) is 0 Å². The second-order valence-corrected chi connectivity index (χ2v) is 5.12. The van der Waals surface area contributed by atoms with Gasteiger partial charge in [-0.3, -0.25) is 4.79 Å². The Kier molecular flexibility index (Phi) is 3.64. The van der Waals surface area contributed by atoms with Crippen LogP contribution >= 0.6 is 0 Å². The third-order valence-electron chi connectivity index (χ3n) is 3.80. The first kappa shape index (κ1) is 11.6. The summed E-state index contributed by atoms with van der Waals surface area (Å²) >= 11 is 0. The molecule has 1 aliphatic carbocycles. The molecule has 3 nitrogen and oxygen atoms in total. The Bertz CT molecular complexity index is 265.